The molecule has 0 unspecified atom stereocenters. The Morgan fingerprint density at radius 2 is 1.78 bits per heavy atom. The van der Waals surface area contributed by atoms with Crippen LogP contribution < -0.4 is 10.6 Å². The van der Waals surface area contributed by atoms with Gasteiger partial charge in [-0.3, -0.25) is 4.79 Å². The molecule has 0 saturated heterocycles. The second-order valence-corrected chi connectivity index (χ2v) is 6.66. The topological polar surface area (TPSA) is 41.1 Å². The molecule has 27 heavy (non-hydrogen) atoms. The summed E-state index contributed by atoms with van der Waals surface area (Å²) in [6.45, 7) is 2.68. The van der Waals surface area contributed by atoms with Crippen LogP contribution in [0.25, 0.3) is 6.08 Å². The summed E-state index contributed by atoms with van der Waals surface area (Å²) in [6, 6.07) is 23.6. The zero-order valence-corrected chi connectivity index (χ0v) is 15.8. The molecule has 3 rings (SSSR count). The van der Waals surface area contributed by atoms with Gasteiger partial charge in [0.05, 0.1) is 0 Å². The van der Waals surface area contributed by atoms with E-state index in [2.05, 4.69) is 22.8 Å². The number of carbonyl (C=O) groups excluding carboxylic acids is 1. The lowest BCUT2D eigenvalue weighted by Gasteiger charge is -2.07. The highest BCUT2D eigenvalue weighted by atomic mass is 35.5. The molecule has 0 radical (unpaired) electrons. The van der Waals surface area contributed by atoms with Gasteiger partial charge in [0.15, 0.2) is 0 Å². The predicted octanol–water partition coefficient (Wildman–Crippen LogP) is 5.91. The van der Waals surface area contributed by atoms with Gasteiger partial charge in [0.1, 0.15) is 0 Å². The molecule has 2 N–H and O–H groups in total. The van der Waals surface area contributed by atoms with Crippen LogP contribution in [-0.2, 0) is 11.3 Å². The van der Waals surface area contributed by atoms with Crippen molar-refractivity contribution < 1.29 is 4.79 Å². The second kappa shape index (κ2) is 9.06. The summed E-state index contributed by atoms with van der Waals surface area (Å²) in [5.41, 5.74) is 4.83. The number of benzene rings is 3. The van der Waals surface area contributed by atoms with Crippen molar-refractivity contribution in [2.24, 2.45) is 0 Å². The average Bonchev–Trinajstić information content (AvgIpc) is 2.69. The number of anilines is 2. The first-order chi connectivity index (χ1) is 13.1. The molecule has 4 heteroatoms. The van der Waals surface area contributed by atoms with Crippen LogP contribution in [0.5, 0.6) is 0 Å². The molecule has 0 bridgehead atoms. The van der Waals surface area contributed by atoms with Crippen LogP contribution >= 0.6 is 11.6 Å². The molecule has 0 aliphatic rings. The number of carbonyl (C=O) groups is 1. The van der Waals surface area contributed by atoms with E-state index in [1.54, 1.807) is 12.1 Å². The van der Waals surface area contributed by atoms with Gasteiger partial charge in [0.25, 0.3) is 0 Å². The van der Waals surface area contributed by atoms with Gasteiger partial charge < -0.3 is 10.6 Å². The number of halogens is 1. The monoisotopic (exact) mass is 376 g/mol. The SMILES string of the molecule is Cc1ccc(NC(=O)/C=C/c2cccc(NCc3ccccc3)c2)cc1Cl. The van der Waals surface area contributed by atoms with Gasteiger partial charge in [0, 0.05) is 29.0 Å². The van der Waals surface area contributed by atoms with Gasteiger partial charge in [-0.15, -0.1) is 0 Å². The van der Waals surface area contributed by atoms with E-state index < -0.39 is 0 Å². The van der Waals surface area contributed by atoms with Crippen LogP contribution in [0.2, 0.25) is 5.02 Å². The third kappa shape index (κ3) is 5.73. The van der Waals surface area contributed by atoms with Crippen molar-refractivity contribution in [3.63, 3.8) is 0 Å². The molecule has 0 aromatic heterocycles. The fourth-order valence-electron chi connectivity index (χ4n) is 2.58. The maximum Gasteiger partial charge on any atom is 0.248 e. The average molecular weight is 377 g/mol. The Hall–Kier alpha value is -3.04. The standard InChI is InChI=1S/C23H21ClN2O/c1-17-10-12-21(15-22(17)24)26-23(27)13-11-18-8-5-9-20(14-18)25-16-19-6-3-2-4-7-19/h2-15,25H,16H2,1H3,(H,26,27)/b13-11+. The number of rotatable bonds is 6. The van der Waals surface area contributed by atoms with Crippen molar-refractivity contribution in [1.82, 2.24) is 0 Å². The number of amides is 1. The Bertz CT molecular complexity index is 952. The van der Waals surface area contributed by atoms with E-state index in [9.17, 15) is 4.79 Å². The van der Waals surface area contributed by atoms with Gasteiger partial charge >= 0.3 is 0 Å². The lowest BCUT2D eigenvalue weighted by Crippen LogP contribution is -2.07. The Labute approximate surface area is 164 Å². The highest BCUT2D eigenvalue weighted by Crippen LogP contribution is 2.20. The van der Waals surface area contributed by atoms with Crippen molar-refractivity contribution >= 4 is 35.0 Å². The van der Waals surface area contributed by atoms with E-state index in [1.807, 2.05) is 61.5 Å². The largest absolute Gasteiger partial charge is 0.381 e. The molecule has 0 fully saturated rings. The first kappa shape index (κ1) is 18.7. The summed E-state index contributed by atoms with van der Waals surface area (Å²) in [7, 11) is 0. The number of hydrogen-bond acceptors (Lipinski definition) is 2. The van der Waals surface area contributed by atoms with E-state index in [1.165, 1.54) is 11.6 Å². The molecule has 0 aliphatic carbocycles. The van der Waals surface area contributed by atoms with E-state index in [-0.39, 0.29) is 5.91 Å². The maximum absolute atomic E-state index is 12.1. The van der Waals surface area contributed by atoms with Gasteiger partial charge in [-0.05, 0) is 54.0 Å². The smallest absolute Gasteiger partial charge is 0.248 e. The zero-order valence-electron chi connectivity index (χ0n) is 15.1. The fourth-order valence-corrected chi connectivity index (χ4v) is 2.76. The lowest BCUT2D eigenvalue weighted by molar-refractivity contribution is -0.111. The summed E-state index contributed by atoms with van der Waals surface area (Å²) in [4.78, 5) is 12.1. The van der Waals surface area contributed by atoms with Gasteiger partial charge in [-0.2, -0.15) is 0 Å². The van der Waals surface area contributed by atoms with Crippen molar-refractivity contribution in [2.45, 2.75) is 13.5 Å². The number of hydrogen-bond donors (Lipinski definition) is 2. The Morgan fingerprint density at radius 3 is 2.56 bits per heavy atom. The molecular weight excluding hydrogens is 356 g/mol. The highest BCUT2D eigenvalue weighted by molar-refractivity contribution is 6.31. The van der Waals surface area contributed by atoms with Crippen LogP contribution in [0.15, 0.2) is 78.9 Å². The lowest BCUT2D eigenvalue weighted by atomic mass is 10.1. The summed E-state index contributed by atoms with van der Waals surface area (Å²) < 4.78 is 0. The minimum atomic E-state index is -0.197. The highest BCUT2D eigenvalue weighted by Gasteiger charge is 2.01. The Kier molecular flexibility index (Phi) is 6.29. The van der Waals surface area contributed by atoms with Crippen molar-refractivity contribution in [2.75, 3.05) is 10.6 Å². The molecule has 0 aliphatic heterocycles. The Balaban J connectivity index is 1.59. The summed E-state index contributed by atoms with van der Waals surface area (Å²) in [5.74, 6) is -0.197. The van der Waals surface area contributed by atoms with Gasteiger partial charge in [-0.1, -0.05) is 60.1 Å². The first-order valence-electron chi connectivity index (χ1n) is 8.73. The van der Waals surface area contributed by atoms with E-state index >= 15 is 0 Å². The van der Waals surface area contributed by atoms with Crippen LogP contribution in [0.1, 0.15) is 16.7 Å². The van der Waals surface area contributed by atoms with E-state index in [0.29, 0.717) is 10.7 Å². The minimum Gasteiger partial charge on any atom is -0.381 e. The summed E-state index contributed by atoms with van der Waals surface area (Å²) in [6.07, 6.45) is 3.31. The van der Waals surface area contributed by atoms with Crippen molar-refractivity contribution in [3.05, 3.63) is 101 Å². The van der Waals surface area contributed by atoms with E-state index in [0.717, 1.165) is 23.4 Å². The van der Waals surface area contributed by atoms with Crippen molar-refractivity contribution in [3.8, 4) is 0 Å². The number of nitrogens with one attached hydrogen (secondary N) is 2. The second-order valence-electron chi connectivity index (χ2n) is 6.25. The van der Waals surface area contributed by atoms with Crippen LogP contribution in [-0.4, -0.2) is 5.91 Å². The van der Waals surface area contributed by atoms with Crippen LogP contribution in [0.4, 0.5) is 11.4 Å². The molecule has 136 valence electrons. The molecular formula is C23H21ClN2O. The summed E-state index contributed by atoms with van der Waals surface area (Å²) >= 11 is 6.09. The normalized spacial score (nSPS) is 10.7. The quantitative estimate of drug-likeness (QED) is 0.525. The molecule has 0 heterocycles. The molecule has 1 amide bonds. The van der Waals surface area contributed by atoms with Gasteiger partial charge in [-0.25, -0.2) is 0 Å². The molecule has 0 atom stereocenters. The van der Waals surface area contributed by atoms with Crippen LogP contribution in [0.3, 0.4) is 0 Å². The maximum atomic E-state index is 12.1. The molecule has 3 aromatic carbocycles. The predicted molar refractivity (Wildman–Crippen MR) is 114 cm³/mol. The molecule has 3 aromatic rings. The van der Waals surface area contributed by atoms with E-state index in [4.69, 9.17) is 11.6 Å². The molecule has 0 spiro atoms. The third-order valence-electron chi connectivity index (χ3n) is 4.09. The first-order valence-corrected chi connectivity index (χ1v) is 9.11. The molecule has 0 saturated carbocycles. The zero-order chi connectivity index (χ0) is 19.1. The molecule has 3 nitrogen and oxygen atoms in total. The minimum absolute atomic E-state index is 0.197. The van der Waals surface area contributed by atoms with Crippen LogP contribution in [0, 0.1) is 6.92 Å². The number of aryl methyl sites for hydroxylation is 1. The van der Waals surface area contributed by atoms with Crippen molar-refractivity contribution in [1.29, 1.82) is 0 Å². The Morgan fingerprint density at radius 1 is 0.963 bits per heavy atom. The fraction of sp³-hybridized carbons (Fsp3) is 0.0870. The summed E-state index contributed by atoms with van der Waals surface area (Å²) in [5, 5.41) is 6.84. The third-order valence-corrected chi connectivity index (χ3v) is 4.50. The van der Waals surface area contributed by atoms with Gasteiger partial charge in [0.2, 0.25) is 5.91 Å².